The topological polar surface area (TPSA) is 24.5 Å². The molecular formula is C15H30N2O. The van der Waals surface area contributed by atoms with Gasteiger partial charge in [0, 0.05) is 32.8 Å². The van der Waals surface area contributed by atoms with Crippen molar-refractivity contribution >= 4 is 0 Å². The predicted octanol–water partition coefficient (Wildman–Crippen LogP) is 2.12. The average Bonchev–Trinajstić information content (AvgIpc) is 3.10. The van der Waals surface area contributed by atoms with Crippen molar-refractivity contribution in [3.8, 4) is 0 Å². The normalized spacial score (nSPS) is 26.5. The minimum absolute atomic E-state index is 0.386. The van der Waals surface area contributed by atoms with E-state index in [1.807, 2.05) is 7.11 Å². The lowest BCUT2D eigenvalue weighted by Gasteiger charge is -2.38. The maximum Gasteiger partial charge on any atom is 0.0502 e. The Bertz CT molecular complexity index is 249. The summed E-state index contributed by atoms with van der Waals surface area (Å²) in [5.41, 5.74) is 0.386. The lowest BCUT2D eigenvalue weighted by Crippen LogP contribution is -2.45. The fourth-order valence-electron chi connectivity index (χ4n) is 3.04. The standard InChI is InChI=1S/C15H30N2O/c1-15(2,11-16-14-6-7-14)12-17-8-4-5-13(9-17)10-18-3/h13-14,16H,4-12H2,1-3H3. The summed E-state index contributed by atoms with van der Waals surface area (Å²) in [6.45, 7) is 10.6. The third-order valence-electron chi connectivity index (χ3n) is 4.10. The van der Waals surface area contributed by atoms with Crippen molar-refractivity contribution in [2.45, 2.75) is 45.6 Å². The first-order chi connectivity index (χ1) is 8.59. The van der Waals surface area contributed by atoms with Crippen molar-refractivity contribution in [1.29, 1.82) is 0 Å². The van der Waals surface area contributed by atoms with Gasteiger partial charge in [-0.05, 0) is 43.6 Å². The van der Waals surface area contributed by atoms with Crippen LogP contribution >= 0.6 is 0 Å². The second kappa shape index (κ2) is 6.36. The molecule has 3 heteroatoms. The first-order valence-corrected chi connectivity index (χ1v) is 7.54. The van der Waals surface area contributed by atoms with Crippen LogP contribution in [0.15, 0.2) is 0 Å². The van der Waals surface area contributed by atoms with Crippen LogP contribution in [-0.2, 0) is 4.74 Å². The molecule has 0 aromatic heterocycles. The Morgan fingerprint density at radius 2 is 2.06 bits per heavy atom. The zero-order chi connectivity index (χ0) is 13.0. The number of hydrogen-bond donors (Lipinski definition) is 1. The Hall–Kier alpha value is -0.120. The van der Waals surface area contributed by atoms with Gasteiger partial charge in [-0.3, -0.25) is 0 Å². The van der Waals surface area contributed by atoms with Crippen LogP contribution in [0.4, 0.5) is 0 Å². The van der Waals surface area contributed by atoms with Gasteiger partial charge < -0.3 is 15.0 Å². The Morgan fingerprint density at radius 3 is 2.72 bits per heavy atom. The molecule has 0 aromatic carbocycles. The van der Waals surface area contributed by atoms with E-state index in [1.54, 1.807) is 0 Å². The van der Waals surface area contributed by atoms with E-state index in [9.17, 15) is 0 Å². The number of methoxy groups -OCH3 is 1. The van der Waals surface area contributed by atoms with Crippen LogP contribution in [-0.4, -0.2) is 50.8 Å². The summed E-state index contributed by atoms with van der Waals surface area (Å²) < 4.78 is 5.31. The molecule has 0 spiro atoms. The summed E-state index contributed by atoms with van der Waals surface area (Å²) in [5, 5.41) is 3.67. The van der Waals surface area contributed by atoms with E-state index in [4.69, 9.17) is 4.74 Å². The van der Waals surface area contributed by atoms with Crippen LogP contribution in [0.5, 0.6) is 0 Å². The van der Waals surface area contributed by atoms with E-state index in [0.717, 1.165) is 25.1 Å². The van der Waals surface area contributed by atoms with Crippen LogP contribution in [0.3, 0.4) is 0 Å². The largest absolute Gasteiger partial charge is 0.384 e. The van der Waals surface area contributed by atoms with Crippen LogP contribution in [0.25, 0.3) is 0 Å². The van der Waals surface area contributed by atoms with Crippen LogP contribution < -0.4 is 5.32 Å². The molecule has 2 aliphatic rings. The van der Waals surface area contributed by atoms with E-state index in [2.05, 4.69) is 24.1 Å². The molecular weight excluding hydrogens is 224 g/mol. The minimum atomic E-state index is 0.386. The summed E-state index contributed by atoms with van der Waals surface area (Å²) in [5.74, 6) is 0.746. The Labute approximate surface area is 112 Å². The summed E-state index contributed by atoms with van der Waals surface area (Å²) in [7, 11) is 1.82. The highest BCUT2D eigenvalue weighted by molar-refractivity contribution is 4.86. The lowest BCUT2D eigenvalue weighted by molar-refractivity contribution is 0.0702. The quantitative estimate of drug-likeness (QED) is 0.753. The average molecular weight is 254 g/mol. The van der Waals surface area contributed by atoms with Crippen LogP contribution in [0.2, 0.25) is 0 Å². The SMILES string of the molecule is COCC1CCCN(CC(C)(C)CNC2CC2)C1. The smallest absolute Gasteiger partial charge is 0.0502 e. The number of nitrogens with one attached hydrogen (secondary N) is 1. The molecule has 18 heavy (non-hydrogen) atoms. The number of ether oxygens (including phenoxy) is 1. The molecule has 106 valence electrons. The molecule has 1 aliphatic heterocycles. The molecule has 0 bridgehead atoms. The third-order valence-corrected chi connectivity index (χ3v) is 4.10. The van der Waals surface area contributed by atoms with Gasteiger partial charge in [0.15, 0.2) is 0 Å². The molecule has 1 unspecified atom stereocenters. The molecule has 2 fully saturated rings. The van der Waals surface area contributed by atoms with Gasteiger partial charge >= 0.3 is 0 Å². The Morgan fingerprint density at radius 1 is 1.28 bits per heavy atom. The number of nitrogens with zero attached hydrogens (tertiary/aromatic N) is 1. The molecule has 1 N–H and O–H groups in total. The third kappa shape index (κ3) is 4.87. The highest BCUT2D eigenvalue weighted by Gasteiger charge is 2.28. The van der Waals surface area contributed by atoms with Gasteiger partial charge in [-0.2, -0.15) is 0 Å². The highest BCUT2D eigenvalue weighted by Crippen LogP contribution is 2.24. The summed E-state index contributed by atoms with van der Waals surface area (Å²) >= 11 is 0. The number of piperidine rings is 1. The number of rotatable bonds is 7. The molecule has 0 aromatic rings. The van der Waals surface area contributed by atoms with Gasteiger partial charge in [-0.15, -0.1) is 0 Å². The molecule has 1 aliphatic carbocycles. The zero-order valence-corrected chi connectivity index (χ0v) is 12.4. The van der Waals surface area contributed by atoms with E-state index in [-0.39, 0.29) is 0 Å². The van der Waals surface area contributed by atoms with Crippen LogP contribution in [0.1, 0.15) is 39.5 Å². The van der Waals surface area contributed by atoms with Crippen molar-refractivity contribution in [2.24, 2.45) is 11.3 Å². The molecule has 1 saturated heterocycles. The fourth-order valence-corrected chi connectivity index (χ4v) is 3.04. The first kappa shape index (κ1) is 14.3. The Balaban J connectivity index is 1.72. The first-order valence-electron chi connectivity index (χ1n) is 7.54. The van der Waals surface area contributed by atoms with E-state index < -0.39 is 0 Å². The molecule has 3 nitrogen and oxygen atoms in total. The monoisotopic (exact) mass is 254 g/mol. The van der Waals surface area contributed by atoms with Gasteiger partial charge in [0.1, 0.15) is 0 Å². The molecule has 0 amide bonds. The maximum absolute atomic E-state index is 5.31. The van der Waals surface area contributed by atoms with E-state index in [0.29, 0.717) is 5.41 Å². The van der Waals surface area contributed by atoms with Gasteiger partial charge in [0.05, 0.1) is 6.61 Å². The molecule has 1 atom stereocenters. The van der Waals surface area contributed by atoms with Crippen molar-refractivity contribution in [3.05, 3.63) is 0 Å². The van der Waals surface area contributed by atoms with Gasteiger partial charge in [0.2, 0.25) is 0 Å². The highest BCUT2D eigenvalue weighted by atomic mass is 16.5. The number of likely N-dealkylation sites (tertiary alicyclic amines) is 1. The second-order valence-corrected chi connectivity index (χ2v) is 7.02. The summed E-state index contributed by atoms with van der Waals surface area (Å²) in [6, 6.07) is 0.826. The van der Waals surface area contributed by atoms with Gasteiger partial charge in [-0.25, -0.2) is 0 Å². The lowest BCUT2D eigenvalue weighted by atomic mass is 9.90. The predicted molar refractivity (Wildman–Crippen MR) is 75.8 cm³/mol. The molecule has 2 rings (SSSR count). The molecule has 1 heterocycles. The zero-order valence-electron chi connectivity index (χ0n) is 12.4. The molecule has 0 radical (unpaired) electrons. The second-order valence-electron chi connectivity index (χ2n) is 7.02. The van der Waals surface area contributed by atoms with Crippen LogP contribution in [0, 0.1) is 11.3 Å². The Kier molecular flexibility index (Phi) is 5.05. The van der Waals surface area contributed by atoms with Gasteiger partial charge in [0.25, 0.3) is 0 Å². The minimum Gasteiger partial charge on any atom is -0.384 e. The van der Waals surface area contributed by atoms with Gasteiger partial charge in [-0.1, -0.05) is 13.8 Å². The summed E-state index contributed by atoms with van der Waals surface area (Å²) in [6.07, 6.45) is 5.44. The van der Waals surface area contributed by atoms with Crippen molar-refractivity contribution in [3.63, 3.8) is 0 Å². The maximum atomic E-state index is 5.31. The number of hydrogen-bond acceptors (Lipinski definition) is 3. The van der Waals surface area contributed by atoms with Crippen molar-refractivity contribution in [1.82, 2.24) is 10.2 Å². The van der Waals surface area contributed by atoms with Crippen molar-refractivity contribution in [2.75, 3.05) is 39.9 Å². The summed E-state index contributed by atoms with van der Waals surface area (Å²) in [4.78, 5) is 2.64. The van der Waals surface area contributed by atoms with E-state index in [1.165, 1.54) is 45.3 Å². The fraction of sp³-hybridized carbons (Fsp3) is 1.00. The molecule has 1 saturated carbocycles. The van der Waals surface area contributed by atoms with Crippen molar-refractivity contribution < 1.29 is 4.74 Å². The van der Waals surface area contributed by atoms with E-state index >= 15 is 0 Å².